The molecule has 1 aromatic rings. The Hall–Kier alpha value is -0.600. The smallest absolute Gasteiger partial charge is 0.0331 e. The quantitative estimate of drug-likeness (QED) is 0.765. The Morgan fingerprint density at radius 1 is 1.67 bits per heavy atom. The summed E-state index contributed by atoms with van der Waals surface area (Å²) in [5.74, 6) is 0. The summed E-state index contributed by atoms with van der Waals surface area (Å²) in [5, 5.41) is 5.87. The summed E-state index contributed by atoms with van der Waals surface area (Å²) in [7, 11) is 0. The molecule has 1 aromatic heterocycles. The number of nitrogens with one attached hydrogen (secondary N) is 1. The molecule has 0 radical (unpaired) electrons. The van der Waals surface area contributed by atoms with Crippen molar-refractivity contribution in [2.75, 3.05) is 6.54 Å². The minimum absolute atomic E-state index is 0.597. The van der Waals surface area contributed by atoms with Gasteiger partial charge in [-0.1, -0.05) is 5.57 Å². The molecule has 82 valence electrons. The molecule has 0 spiro atoms. The molecule has 2 heteroatoms. The lowest BCUT2D eigenvalue weighted by molar-refractivity contribution is 0.467. The highest BCUT2D eigenvalue weighted by Gasteiger charge is 2.19. The summed E-state index contributed by atoms with van der Waals surface area (Å²) < 4.78 is 0. The molecule has 2 rings (SSSR count). The first-order valence-electron chi connectivity index (χ1n) is 5.71. The van der Waals surface area contributed by atoms with Gasteiger partial charge in [0.15, 0.2) is 0 Å². The van der Waals surface area contributed by atoms with E-state index in [0.29, 0.717) is 6.04 Å². The Kier molecular flexibility index (Phi) is 3.60. The first-order chi connectivity index (χ1) is 7.27. The Bertz CT molecular complexity index is 340. The maximum absolute atomic E-state index is 3.93. The summed E-state index contributed by atoms with van der Waals surface area (Å²) in [6.45, 7) is 7.09. The SMILES string of the molecule is C=C(C)CCNC1CCCc2sccc21. The lowest BCUT2D eigenvalue weighted by Crippen LogP contribution is -2.25. The highest BCUT2D eigenvalue weighted by atomic mass is 32.1. The van der Waals surface area contributed by atoms with Crippen molar-refractivity contribution in [3.63, 3.8) is 0 Å². The van der Waals surface area contributed by atoms with Gasteiger partial charge in [-0.05, 0) is 56.2 Å². The summed E-state index contributed by atoms with van der Waals surface area (Å²) in [6.07, 6.45) is 5.00. The number of rotatable bonds is 4. The van der Waals surface area contributed by atoms with Crippen molar-refractivity contribution in [1.29, 1.82) is 0 Å². The van der Waals surface area contributed by atoms with Gasteiger partial charge in [0.2, 0.25) is 0 Å². The largest absolute Gasteiger partial charge is 0.310 e. The molecule has 1 heterocycles. The van der Waals surface area contributed by atoms with Crippen molar-refractivity contribution >= 4 is 11.3 Å². The molecule has 0 amide bonds. The highest BCUT2D eigenvalue weighted by Crippen LogP contribution is 2.33. The van der Waals surface area contributed by atoms with Gasteiger partial charge in [-0.25, -0.2) is 0 Å². The zero-order chi connectivity index (χ0) is 10.7. The molecular formula is C13H19NS. The van der Waals surface area contributed by atoms with E-state index in [4.69, 9.17) is 0 Å². The molecule has 0 aromatic carbocycles. The van der Waals surface area contributed by atoms with Gasteiger partial charge in [-0.2, -0.15) is 0 Å². The van der Waals surface area contributed by atoms with Gasteiger partial charge >= 0.3 is 0 Å². The minimum atomic E-state index is 0.597. The lowest BCUT2D eigenvalue weighted by atomic mass is 9.94. The summed E-state index contributed by atoms with van der Waals surface area (Å²) in [6, 6.07) is 2.89. The predicted octanol–water partition coefficient (Wildman–Crippen LogP) is 3.68. The van der Waals surface area contributed by atoms with Crippen LogP contribution in [0.2, 0.25) is 0 Å². The van der Waals surface area contributed by atoms with Crippen LogP contribution in [0.3, 0.4) is 0 Å². The van der Waals surface area contributed by atoms with Crippen LogP contribution < -0.4 is 5.32 Å². The van der Waals surface area contributed by atoms with Crippen molar-refractivity contribution in [2.45, 2.75) is 38.6 Å². The molecule has 0 fully saturated rings. The van der Waals surface area contributed by atoms with Gasteiger partial charge < -0.3 is 5.32 Å². The average molecular weight is 221 g/mol. The summed E-state index contributed by atoms with van der Waals surface area (Å²) >= 11 is 1.91. The van der Waals surface area contributed by atoms with Crippen LogP contribution in [0, 0.1) is 0 Å². The monoisotopic (exact) mass is 221 g/mol. The van der Waals surface area contributed by atoms with E-state index in [1.165, 1.54) is 24.8 Å². The summed E-state index contributed by atoms with van der Waals surface area (Å²) in [4.78, 5) is 1.59. The Morgan fingerprint density at radius 3 is 3.33 bits per heavy atom. The van der Waals surface area contributed by atoms with E-state index in [1.807, 2.05) is 11.3 Å². The average Bonchev–Trinajstić information content (AvgIpc) is 2.65. The normalized spacial score (nSPS) is 19.9. The second kappa shape index (κ2) is 4.95. The first kappa shape index (κ1) is 10.9. The molecule has 0 aliphatic heterocycles. The van der Waals surface area contributed by atoms with E-state index < -0.39 is 0 Å². The number of hydrogen-bond acceptors (Lipinski definition) is 2. The van der Waals surface area contributed by atoms with Crippen molar-refractivity contribution in [3.8, 4) is 0 Å². The van der Waals surface area contributed by atoms with Gasteiger partial charge in [0.05, 0.1) is 0 Å². The zero-order valence-electron chi connectivity index (χ0n) is 9.38. The van der Waals surface area contributed by atoms with Crippen molar-refractivity contribution in [2.24, 2.45) is 0 Å². The second-order valence-corrected chi connectivity index (χ2v) is 5.41. The number of aryl methyl sites for hydroxylation is 1. The molecular weight excluding hydrogens is 202 g/mol. The van der Waals surface area contributed by atoms with Crippen LogP contribution in [0.1, 0.15) is 42.7 Å². The van der Waals surface area contributed by atoms with E-state index in [1.54, 1.807) is 10.4 Å². The van der Waals surface area contributed by atoms with Crippen LogP contribution in [0.15, 0.2) is 23.6 Å². The molecule has 0 bridgehead atoms. The Labute approximate surface area is 96.2 Å². The molecule has 1 nitrogen and oxygen atoms in total. The number of fused-ring (bicyclic) bond motifs is 1. The van der Waals surface area contributed by atoms with Crippen LogP contribution in [-0.2, 0) is 6.42 Å². The molecule has 1 N–H and O–H groups in total. The Balaban J connectivity index is 1.92. The van der Waals surface area contributed by atoms with E-state index >= 15 is 0 Å². The van der Waals surface area contributed by atoms with Crippen LogP contribution in [0.5, 0.6) is 0 Å². The van der Waals surface area contributed by atoms with E-state index in [0.717, 1.165) is 13.0 Å². The lowest BCUT2D eigenvalue weighted by Gasteiger charge is -2.23. The second-order valence-electron chi connectivity index (χ2n) is 4.41. The molecule has 0 saturated carbocycles. The fourth-order valence-electron chi connectivity index (χ4n) is 2.16. The van der Waals surface area contributed by atoms with E-state index in [-0.39, 0.29) is 0 Å². The molecule has 15 heavy (non-hydrogen) atoms. The van der Waals surface area contributed by atoms with Gasteiger partial charge in [0, 0.05) is 10.9 Å². The van der Waals surface area contributed by atoms with Gasteiger partial charge in [0.25, 0.3) is 0 Å². The van der Waals surface area contributed by atoms with Crippen molar-refractivity contribution in [1.82, 2.24) is 5.32 Å². The van der Waals surface area contributed by atoms with Crippen LogP contribution >= 0.6 is 11.3 Å². The predicted molar refractivity (Wildman–Crippen MR) is 67.4 cm³/mol. The zero-order valence-corrected chi connectivity index (χ0v) is 10.2. The maximum atomic E-state index is 3.93. The fourth-order valence-corrected chi connectivity index (χ4v) is 3.15. The topological polar surface area (TPSA) is 12.0 Å². The van der Waals surface area contributed by atoms with Crippen LogP contribution in [0.4, 0.5) is 0 Å². The molecule has 0 saturated heterocycles. The van der Waals surface area contributed by atoms with Crippen LogP contribution in [0.25, 0.3) is 0 Å². The van der Waals surface area contributed by atoms with Gasteiger partial charge in [-0.3, -0.25) is 0 Å². The third-order valence-electron chi connectivity index (χ3n) is 2.99. The third kappa shape index (κ3) is 2.70. The summed E-state index contributed by atoms with van der Waals surface area (Å²) in [5.41, 5.74) is 2.82. The van der Waals surface area contributed by atoms with Crippen molar-refractivity contribution in [3.05, 3.63) is 34.0 Å². The molecule has 1 unspecified atom stereocenters. The van der Waals surface area contributed by atoms with Gasteiger partial charge in [0.1, 0.15) is 0 Å². The highest BCUT2D eigenvalue weighted by molar-refractivity contribution is 7.10. The van der Waals surface area contributed by atoms with Crippen LogP contribution in [-0.4, -0.2) is 6.54 Å². The fraction of sp³-hybridized carbons (Fsp3) is 0.538. The maximum Gasteiger partial charge on any atom is 0.0331 e. The minimum Gasteiger partial charge on any atom is -0.310 e. The number of thiophene rings is 1. The first-order valence-corrected chi connectivity index (χ1v) is 6.59. The third-order valence-corrected chi connectivity index (χ3v) is 3.99. The standard InChI is InChI=1S/C13H19NS/c1-10(2)6-8-14-12-4-3-5-13-11(12)7-9-15-13/h7,9,12,14H,1,3-6,8H2,2H3. The molecule has 1 aliphatic rings. The molecule has 1 aliphatic carbocycles. The Morgan fingerprint density at radius 2 is 2.53 bits per heavy atom. The molecule has 1 atom stereocenters. The van der Waals surface area contributed by atoms with E-state index in [9.17, 15) is 0 Å². The van der Waals surface area contributed by atoms with E-state index in [2.05, 4.69) is 30.3 Å². The number of hydrogen-bond donors (Lipinski definition) is 1. The van der Waals surface area contributed by atoms with Crippen molar-refractivity contribution < 1.29 is 0 Å². The van der Waals surface area contributed by atoms with Gasteiger partial charge in [-0.15, -0.1) is 17.9 Å².